The van der Waals surface area contributed by atoms with E-state index >= 15 is 0 Å². The highest BCUT2D eigenvalue weighted by Crippen LogP contribution is 2.25. The van der Waals surface area contributed by atoms with Crippen LogP contribution in [0.25, 0.3) is 5.57 Å². The Kier molecular flexibility index (Phi) is 5.24. The molecular weight excluding hydrogens is 362 g/mol. The van der Waals surface area contributed by atoms with E-state index in [1.165, 1.54) is 21.6 Å². The molecule has 0 aliphatic carbocycles. The number of pyridine rings is 1. The van der Waals surface area contributed by atoms with Crippen molar-refractivity contribution in [3.63, 3.8) is 0 Å². The van der Waals surface area contributed by atoms with Crippen LogP contribution in [0.3, 0.4) is 0 Å². The molecule has 142 valence electrons. The van der Waals surface area contributed by atoms with E-state index < -0.39 is 10.0 Å². The van der Waals surface area contributed by atoms with Gasteiger partial charge in [0, 0.05) is 32.4 Å². The third-order valence-electron chi connectivity index (χ3n) is 5.01. The van der Waals surface area contributed by atoms with Gasteiger partial charge in [-0.1, -0.05) is 36.4 Å². The van der Waals surface area contributed by atoms with Gasteiger partial charge in [-0.05, 0) is 29.7 Å². The Morgan fingerprint density at radius 1 is 0.963 bits per heavy atom. The summed E-state index contributed by atoms with van der Waals surface area (Å²) in [6.45, 7) is 3.30. The smallest absolute Gasteiger partial charge is 0.244 e. The van der Waals surface area contributed by atoms with Gasteiger partial charge in [0.1, 0.15) is 10.7 Å². The van der Waals surface area contributed by atoms with Crippen LogP contribution in [0.4, 0.5) is 5.82 Å². The third-order valence-corrected chi connectivity index (χ3v) is 6.89. The van der Waals surface area contributed by atoms with Gasteiger partial charge in [0.15, 0.2) is 0 Å². The summed E-state index contributed by atoms with van der Waals surface area (Å²) in [5, 5.41) is 0. The van der Waals surface area contributed by atoms with Gasteiger partial charge in [-0.15, -0.1) is 0 Å². The SMILES string of the molecule is O=S(=O)(c1ccc(N2CC=C(c3ccccc3)CC2)nc1)N1CCOCC1. The fraction of sp³-hybridized carbons (Fsp3) is 0.350. The Bertz CT molecular complexity index is 905. The minimum Gasteiger partial charge on any atom is -0.379 e. The first-order chi connectivity index (χ1) is 13.1. The zero-order valence-electron chi connectivity index (χ0n) is 15.1. The summed E-state index contributed by atoms with van der Waals surface area (Å²) in [4.78, 5) is 6.83. The zero-order valence-corrected chi connectivity index (χ0v) is 15.9. The van der Waals surface area contributed by atoms with Crippen molar-refractivity contribution in [3.8, 4) is 0 Å². The average Bonchev–Trinajstić information content (AvgIpc) is 2.75. The van der Waals surface area contributed by atoms with E-state index in [0.29, 0.717) is 26.3 Å². The number of morpholine rings is 1. The molecule has 7 heteroatoms. The second-order valence-electron chi connectivity index (χ2n) is 6.66. The van der Waals surface area contributed by atoms with E-state index in [9.17, 15) is 8.42 Å². The molecule has 0 N–H and O–H groups in total. The zero-order chi connectivity index (χ0) is 18.7. The van der Waals surface area contributed by atoms with Gasteiger partial charge in [-0.3, -0.25) is 0 Å². The van der Waals surface area contributed by atoms with Crippen LogP contribution in [0.15, 0.2) is 59.6 Å². The van der Waals surface area contributed by atoms with Gasteiger partial charge in [-0.25, -0.2) is 13.4 Å². The Balaban J connectivity index is 1.46. The van der Waals surface area contributed by atoms with Crippen molar-refractivity contribution in [2.45, 2.75) is 11.3 Å². The van der Waals surface area contributed by atoms with Gasteiger partial charge in [-0.2, -0.15) is 4.31 Å². The van der Waals surface area contributed by atoms with Crippen LogP contribution in [-0.2, 0) is 14.8 Å². The second-order valence-corrected chi connectivity index (χ2v) is 8.60. The first kappa shape index (κ1) is 18.2. The van der Waals surface area contributed by atoms with E-state index in [2.05, 4.69) is 40.2 Å². The summed E-state index contributed by atoms with van der Waals surface area (Å²) in [6, 6.07) is 13.8. The lowest BCUT2D eigenvalue weighted by atomic mass is 10.00. The maximum absolute atomic E-state index is 12.7. The lowest BCUT2D eigenvalue weighted by Crippen LogP contribution is -2.40. The molecule has 0 bridgehead atoms. The highest BCUT2D eigenvalue weighted by atomic mass is 32.2. The Morgan fingerprint density at radius 3 is 2.37 bits per heavy atom. The van der Waals surface area contributed by atoms with Crippen molar-refractivity contribution in [2.24, 2.45) is 0 Å². The molecule has 1 saturated heterocycles. The molecule has 27 heavy (non-hydrogen) atoms. The molecule has 0 saturated carbocycles. The summed E-state index contributed by atoms with van der Waals surface area (Å²) in [7, 11) is -3.49. The first-order valence-electron chi connectivity index (χ1n) is 9.18. The number of rotatable bonds is 4. The van der Waals surface area contributed by atoms with E-state index in [4.69, 9.17) is 4.74 Å². The Hall–Kier alpha value is -2.22. The highest BCUT2D eigenvalue weighted by Gasteiger charge is 2.26. The minimum absolute atomic E-state index is 0.241. The number of hydrogen-bond acceptors (Lipinski definition) is 5. The summed E-state index contributed by atoms with van der Waals surface area (Å²) in [5.41, 5.74) is 2.61. The van der Waals surface area contributed by atoms with Crippen LogP contribution in [0.5, 0.6) is 0 Å². The summed E-state index contributed by atoms with van der Waals surface area (Å²) >= 11 is 0. The van der Waals surface area contributed by atoms with Crippen molar-refractivity contribution in [2.75, 3.05) is 44.3 Å². The van der Waals surface area contributed by atoms with E-state index in [-0.39, 0.29) is 4.90 Å². The standard InChI is InChI=1S/C20H23N3O3S/c24-27(25,23-12-14-26-15-13-23)19-6-7-20(21-16-19)22-10-8-18(9-11-22)17-4-2-1-3-5-17/h1-8,16H,9-15H2. The minimum atomic E-state index is -3.49. The predicted octanol–water partition coefficient (Wildman–Crippen LogP) is 2.40. The Morgan fingerprint density at radius 2 is 1.74 bits per heavy atom. The molecule has 2 aliphatic rings. The van der Waals surface area contributed by atoms with Crippen molar-refractivity contribution in [3.05, 3.63) is 60.3 Å². The van der Waals surface area contributed by atoms with Gasteiger partial charge in [0.05, 0.1) is 13.2 Å². The maximum atomic E-state index is 12.7. The second kappa shape index (κ2) is 7.80. The summed E-state index contributed by atoms with van der Waals surface area (Å²) in [5.74, 6) is 0.805. The molecular formula is C20H23N3O3S. The normalized spacial score (nSPS) is 19.0. The van der Waals surface area contributed by atoms with Gasteiger partial charge < -0.3 is 9.64 Å². The molecule has 4 rings (SSSR count). The summed E-state index contributed by atoms with van der Waals surface area (Å²) < 4.78 is 32.1. The van der Waals surface area contributed by atoms with E-state index in [1.54, 1.807) is 12.1 Å². The van der Waals surface area contributed by atoms with E-state index in [0.717, 1.165) is 25.3 Å². The van der Waals surface area contributed by atoms with Crippen molar-refractivity contribution in [1.29, 1.82) is 0 Å². The van der Waals surface area contributed by atoms with Crippen LogP contribution in [-0.4, -0.2) is 57.1 Å². The van der Waals surface area contributed by atoms with Gasteiger partial charge in [0.2, 0.25) is 10.0 Å². The molecule has 0 spiro atoms. The Labute approximate surface area is 160 Å². The molecule has 1 aromatic heterocycles. The molecule has 1 fully saturated rings. The number of nitrogens with zero attached hydrogens (tertiary/aromatic N) is 3. The van der Waals surface area contributed by atoms with Crippen LogP contribution in [0, 0.1) is 0 Å². The molecule has 0 radical (unpaired) electrons. The predicted molar refractivity (Wildman–Crippen MR) is 105 cm³/mol. The topological polar surface area (TPSA) is 62.7 Å². The molecule has 2 aromatic rings. The number of benzene rings is 1. The third kappa shape index (κ3) is 3.90. The number of aromatic nitrogens is 1. The lowest BCUT2D eigenvalue weighted by molar-refractivity contribution is 0.0730. The van der Waals surface area contributed by atoms with Crippen molar-refractivity contribution < 1.29 is 13.2 Å². The van der Waals surface area contributed by atoms with Crippen molar-refractivity contribution in [1.82, 2.24) is 9.29 Å². The maximum Gasteiger partial charge on any atom is 0.244 e. The number of anilines is 1. The van der Waals surface area contributed by atoms with Crippen molar-refractivity contribution >= 4 is 21.4 Å². The summed E-state index contributed by atoms with van der Waals surface area (Å²) in [6.07, 6.45) is 4.63. The van der Waals surface area contributed by atoms with Gasteiger partial charge in [0.25, 0.3) is 0 Å². The van der Waals surface area contributed by atoms with Crippen LogP contribution < -0.4 is 4.90 Å². The molecule has 6 nitrogen and oxygen atoms in total. The van der Waals surface area contributed by atoms with Crippen LogP contribution >= 0.6 is 0 Å². The number of sulfonamides is 1. The van der Waals surface area contributed by atoms with E-state index in [1.807, 2.05) is 6.07 Å². The molecule has 0 amide bonds. The van der Waals surface area contributed by atoms with Gasteiger partial charge >= 0.3 is 0 Å². The average molecular weight is 385 g/mol. The number of ether oxygens (including phenoxy) is 1. The molecule has 0 atom stereocenters. The van der Waals surface area contributed by atoms with Crippen LogP contribution in [0.2, 0.25) is 0 Å². The monoisotopic (exact) mass is 385 g/mol. The molecule has 0 unspecified atom stereocenters. The lowest BCUT2D eigenvalue weighted by Gasteiger charge is -2.28. The fourth-order valence-electron chi connectivity index (χ4n) is 3.44. The molecule has 1 aromatic carbocycles. The first-order valence-corrected chi connectivity index (χ1v) is 10.6. The van der Waals surface area contributed by atoms with Crippen LogP contribution in [0.1, 0.15) is 12.0 Å². The fourth-order valence-corrected chi connectivity index (χ4v) is 4.79. The molecule has 2 aliphatic heterocycles. The number of hydrogen-bond donors (Lipinski definition) is 0. The largest absolute Gasteiger partial charge is 0.379 e. The molecule has 3 heterocycles. The quantitative estimate of drug-likeness (QED) is 0.809. The highest BCUT2D eigenvalue weighted by molar-refractivity contribution is 7.89.